The fraction of sp³-hybridized carbons (Fsp3) is 0.500. The van der Waals surface area contributed by atoms with Crippen molar-refractivity contribution >= 4 is 27.5 Å². The van der Waals surface area contributed by atoms with Gasteiger partial charge in [-0.25, -0.2) is 0 Å². The number of carbonyl (C=O) groups is 1. The van der Waals surface area contributed by atoms with Gasteiger partial charge in [-0.05, 0) is 30.9 Å². The number of hydrogen-bond donors (Lipinski definition) is 1. The molecule has 0 unspecified atom stereocenters. The van der Waals surface area contributed by atoms with Gasteiger partial charge >= 0.3 is 0 Å². The highest BCUT2D eigenvalue weighted by molar-refractivity contribution is 7.90. The quantitative estimate of drug-likeness (QED) is 0.915. The minimum absolute atomic E-state index is 0.0369. The maximum absolute atomic E-state index is 12.2. The highest BCUT2D eigenvalue weighted by atomic mass is 32.2. The van der Waals surface area contributed by atoms with Gasteiger partial charge in [-0.15, -0.1) is 4.40 Å². The van der Waals surface area contributed by atoms with Crippen LogP contribution in [-0.4, -0.2) is 38.2 Å². The normalized spacial score (nSPS) is 20.4. The second kappa shape index (κ2) is 6.31. The molecule has 1 amide bonds. The Hall–Kier alpha value is -1.89. The largest absolute Gasteiger partial charge is 0.343 e. The first kappa shape index (κ1) is 16.0. The van der Waals surface area contributed by atoms with Crippen LogP contribution in [0.15, 0.2) is 33.6 Å². The van der Waals surface area contributed by atoms with Crippen molar-refractivity contribution in [2.24, 2.45) is 10.3 Å². The summed E-state index contributed by atoms with van der Waals surface area (Å²) in [6.45, 7) is 3.63. The number of nitrogens with zero attached hydrogens (tertiary/aromatic N) is 2. The zero-order valence-corrected chi connectivity index (χ0v) is 14.0. The predicted molar refractivity (Wildman–Crippen MR) is 88.9 cm³/mol. The molecule has 0 aromatic heterocycles. The van der Waals surface area contributed by atoms with Crippen LogP contribution in [0.4, 0.5) is 5.69 Å². The van der Waals surface area contributed by atoms with Gasteiger partial charge < -0.3 is 10.2 Å². The van der Waals surface area contributed by atoms with E-state index in [0.29, 0.717) is 24.4 Å². The summed E-state index contributed by atoms with van der Waals surface area (Å²) in [4.78, 5) is 14.3. The van der Waals surface area contributed by atoms with Crippen LogP contribution in [0.2, 0.25) is 0 Å². The Morgan fingerprint density at radius 2 is 2.00 bits per heavy atom. The molecule has 0 saturated carbocycles. The molecule has 1 saturated heterocycles. The Labute approximate surface area is 136 Å². The van der Waals surface area contributed by atoms with Crippen molar-refractivity contribution in [2.75, 3.05) is 18.4 Å². The van der Waals surface area contributed by atoms with Crippen molar-refractivity contribution in [3.63, 3.8) is 0 Å². The number of nitrogens with one attached hydrogen (secondary N) is 1. The second-order valence-electron chi connectivity index (χ2n) is 6.24. The van der Waals surface area contributed by atoms with Crippen LogP contribution in [0.1, 0.15) is 32.6 Å². The molecule has 1 N–H and O–H groups in total. The summed E-state index contributed by atoms with van der Waals surface area (Å²) in [5.74, 6) is 0.593. The fourth-order valence-electron chi connectivity index (χ4n) is 3.05. The van der Waals surface area contributed by atoms with Crippen molar-refractivity contribution in [2.45, 2.75) is 37.5 Å². The molecule has 1 aromatic carbocycles. The van der Waals surface area contributed by atoms with E-state index in [0.717, 1.165) is 25.9 Å². The Kier molecular flexibility index (Phi) is 4.39. The third-order valence-corrected chi connectivity index (χ3v) is 5.57. The number of rotatable bonds is 4. The Balaban J connectivity index is 1.66. The van der Waals surface area contributed by atoms with Crippen LogP contribution >= 0.6 is 0 Å². The van der Waals surface area contributed by atoms with Crippen molar-refractivity contribution in [1.29, 1.82) is 0 Å². The first-order valence-corrected chi connectivity index (χ1v) is 9.37. The summed E-state index contributed by atoms with van der Waals surface area (Å²) < 4.78 is 28.2. The van der Waals surface area contributed by atoms with Gasteiger partial charge in [0.2, 0.25) is 5.91 Å². The van der Waals surface area contributed by atoms with Gasteiger partial charge in [0.05, 0.1) is 5.69 Å². The van der Waals surface area contributed by atoms with E-state index >= 15 is 0 Å². The number of hydrogen-bond acceptors (Lipinski definition) is 4. The number of amides is 1. The molecule has 0 radical (unpaired) electrons. The molecular weight excluding hydrogens is 314 g/mol. The average molecular weight is 335 g/mol. The summed E-state index contributed by atoms with van der Waals surface area (Å²) in [7, 11) is -3.65. The molecule has 124 valence electrons. The van der Waals surface area contributed by atoms with Gasteiger partial charge in [0, 0.05) is 25.9 Å². The summed E-state index contributed by atoms with van der Waals surface area (Å²) in [6.07, 6.45) is 3.00. The van der Waals surface area contributed by atoms with E-state index in [4.69, 9.17) is 0 Å². The molecule has 23 heavy (non-hydrogen) atoms. The van der Waals surface area contributed by atoms with Crippen molar-refractivity contribution in [1.82, 2.24) is 4.90 Å². The lowest BCUT2D eigenvalue weighted by Crippen LogP contribution is -2.30. The van der Waals surface area contributed by atoms with E-state index in [1.165, 1.54) is 6.07 Å². The van der Waals surface area contributed by atoms with E-state index in [-0.39, 0.29) is 16.7 Å². The number of likely N-dealkylation sites (tertiary alicyclic amines) is 1. The van der Waals surface area contributed by atoms with Crippen molar-refractivity contribution in [3.05, 3.63) is 24.3 Å². The number of fused-ring (bicyclic) bond motifs is 1. The Morgan fingerprint density at radius 3 is 2.74 bits per heavy atom. The van der Waals surface area contributed by atoms with Crippen LogP contribution in [0, 0.1) is 5.92 Å². The maximum atomic E-state index is 12.2. The van der Waals surface area contributed by atoms with Gasteiger partial charge in [0.1, 0.15) is 10.7 Å². The lowest BCUT2D eigenvalue weighted by atomic mass is 10.0. The molecule has 1 aromatic rings. The zero-order chi connectivity index (χ0) is 16.4. The molecule has 3 rings (SSSR count). The summed E-state index contributed by atoms with van der Waals surface area (Å²) in [5, 5.41) is 3.07. The van der Waals surface area contributed by atoms with Crippen molar-refractivity contribution < 1.29 is 13.2 Å². The molecule has 0 spiro atoms. The average Bonchev–Trinajstić information content (AvgIpc) is 3.00. The molecule has 1 fully saturated rings. The summed E-state index contributed by atoms with van der Waals surface area (Å²) in [5.41, 5.74) is 0.551. The monoisotopic (exact) mass is 335 g/mol. The van der Waals surface area contributed by atoms with Gasteiger partial charge in [-0.3, -0.25) is 4.79 Å². The van der Waals surface area contributed by atoms with E-state index < -0.39 is 10.0 Å². The van der Waals surface area contributed by atoms with Crippen LogP contribution in [0.25, 0.3) is 0 Å². The molecule has 0 aliphatic carbocycles. The minimum Gasteiger partial charge on any atom is -0.343 e. The minimum atomic E-state index is -3.65. The molecule has 0 bridgehead atoms. The molecule has 6 nitrogen and oxygen atoms in total. The number of anilines is 1. The first-order chi connectivity index (χ1) is 11.0. The molecule has 2 heterocycles. The number of sulfonamides is 1. The SMILES string of the molecule is C[C@H](CC(=O)N1CCCC1)CC1=NS(=O)(=O)c2ccccc2N1. The fourth-order valence-corrected chi connectivity index (χ4v) is 4.21. The van der Waals surface area contributed by atoms with Crippen molar-refractivity contribution in [3.8, 4) is 0 Å². The third-order valence-electron chi connectivity index (χ3n) is 4.20. The number of para-hydroxylation sites is 1. The number of benzene rings is 1. The number of carbonyl (C=O) groups excluding carboxylic acids is 1. The van der Waals surface area contributed by atoms with Gasteiger partial charge in [-0.1, -0.05) is 19.1 Å². The molecule has 2 aliphatic heterocycles. The Morgan fingerprint density at radius 1 is 1.30 bits per heavy atom. The van der Waals surface area contributed by atoms with E-state index in [1.807, 2.05) is 11.8 Å². The van der Waals surface area contributed by atoms with E-state index in [9.17, 15) is 13.2 Å². The summed E-state index contributed by atoms with van der Waals surface area (Å²) in [6, 6.07) is 6.72. The predicted octanol–water partition coefficient (Wildman–Crippen LogP) is 2.24. The zero-order valence-electron chi connectivity index (χ0n) is 13.2. The molecule has 7 heteroatoms. The lowest BCUT2D eigenvalue weighted by Gasteiger charge is -2.21. The van der Waals surface area contributed by atoms with Gasteiger partial charge in [0.15, 0.2) is 0 Å². The molecule has 1 atom stereocenters. The topological polar surface area (TPSA) is 78.8 Å². The smallest absolute Gasteiger partial charge is 0.286 e. The molecular formula is C16H21N3O3S. The highest BCUT2D eigenvalue weighted by Crippen LogP contribution is 2.28. The van der Waals surface area contributed by atoms with Gasteiger partial charge in [-0.2, -0.15) is 8.42 Å². The van der Waals surface area contributed by atoms with Gasteiger partial charge in [0.25, 0.3) is 10.0 Å². The number of amidine groups is 1. The summed E-state index contributed by atoms with van der Waals surface area (Å²) >= 11 is 0. The standard InChI is InChI=1S/C16H21N3O3S/c1-12(11-16(20)19-8-4-5-9-19)10-15-17-13-6-2-3-7-14(13)23(21,22)18-15/h2-3,6-7,12H,4-5,8-11H2,1H3,(H,17,18)/t12-/m0/s1. The molecule has 2 aliphatic rings. The highest BCUT2D eigenvalue weighted by Gasteiger charge is 2.26. The van der Waals surface area contributed by atoms with E-state index in [2.05, 4.69) is 9.71 Å². The maximum Gasteiger partial charge on any atom is 0.286 e. The third kappa shape index (κ3) is 3.55. The van der Waals surface area contributed by atoms with Crippen LogP contribution in [0.5, 0.6) is 0 Å². The van der Waals surface area contributed by atoms with Crippen LogP contribution in [0.3, 0.4) is 0 Å². The Bertz CT molecular complexity index is 737. The van der Waals surface area contributed by atoms with Crippen LogP contribution in [-0.2, 0) is 14.8 Å². The lowest BCUT2D eigenvalue weighted by molar-refractivity contribution is -0.130. The van der Waals surface area contributed by atoms with E-state index in [1.54, 1.807) is 18.2 Å². The van der Waals surface area contributed by atoms with Crippen LogP contribution < -0.4 is 5.32 Å². The second-order valence-corrected chi connectivity index (χ2v) is 7.81. The first-order valence-electron chi connectivity index (χ1n) is 7.93.